The molecule has 28 heavy (non-hydrogen) atoms. The van der Waals surface area contributed by atoms with Crippen molar-refractivity contribution >= 4 is 18.1 Å². The van der Waals surface area contributed by atoms with E-state index in [-0.39, 0.29) is 19.1 Å². The predicted octanol–water partition coefficient (Wildman–Crippen LogP) is 2.43. The van der Waals surface area contributed by atoms with Crippen molar-refractivity contribution in [1.29, 1.82) is 0 Å². The summed E-state index contributed by atoms with van der Waals surface area (Å²) in [5, 5.41) is 5.25. The average Bonchev–Trinajstić information content (AvgIpc) is 2.64. The summed E-state index contributed by atoms with van der Waals surface area (Å²) >= 11 is 0. The van der Waals surface area contributed by atoms with Crippen molar-refractivity contribution in [1.82, 2.24) is 15.5 Å². The number of carbonyl (C=O) groups is 3. The van der Waals surface area contributed by atoms with Crippen LogP contribution in [-0.4, -0.2) is 54.3 Å². The first-order chi connectivity index (χ1) is 13.1. The van der Waals surface area contributed by atoms with E-state index >= 15 is 0 Å². The summed E-state index contributed by atoms with van der Waals surface area (Å²) in [4.78, 5) is 38.8. The van der Waals surface area contributed by atoms with E-state index in [1.165, 1.54) is 11.9 Å². The molecule has 0 aliphatic carbocycles. The fourth-order valence-electron chi connectivity index (χ4n) is 3.10. The molecule has 2 N–H and O–H groups in total. The molecule has 2 rings (SSSR count). The van der Waals surface area contributed by atoms with Gasteiger partial charge >= 0.3 is 12.2 Å². The zero-order valence-electron chi connectivity index (χ0n) is 16.9. The van der Waals surface area contributed by atoms with Crippen molar-refractivity contribution in [2.75, 3.05) is 20.1 Å². The predicted molar refractivity (Wildman–Crippen MR) is 104 cm³/mol. The molecule has 154 valence electrons. The van der Waals surface area contributed by atoms with E-state index < -0.39 is 23.3 Å². The highest BCUT2D eigenvalue weighted by atomic mass is 16.6. The van der Waals surface area contributed by atoms with E-state index in [2.05, 4.69) is 10.6 Å². The number of hydrogen-bond acceptors (Lipinski definition) is 5. The number of ether oxygens (including phenoxy) is 2. The van der Waals surface area contributed by atoms with Crippen LogP contribution in [0.4, 0.5) is 9.59 Å². The van der Waals surface area contributed by atoms with E-state index in [1.54, 1.807) is 20.8 Å². The number of benzene rings is 1. The maximum atomic E-state index is 12.6. The van der Waals surface area contributed by atoms with Crippen LogP contribution >= 0.6 is 0 Å². The molecule has 8 nitrogen and oxygen atoms in total. The first-order valence-electron chi connectivity index (χ1n) is 9.34. The number of carbonyl (C=O) groups excluding carboxylic acids is 3. The summed E-state index contributed by atoms with van der Waals surface area (Å²) in [6.07, 6.45) is -0.281. The number of hydrogen-bond donors (Lipinski definition) is 2. The molecule has 3 amide bonds. The summed E-state index contributed by atoms with van der Waals surface area (Å²) in [6, 6.07) is 9.34. The van der Waals surface area contributed by atoms with Gasteiger partial charge in [-0.1, -0.05) is 30.3 Å². The van der Waals surface area contributed by atoms with Gasteiger partial charge in [-0.3, -0.25) is 4.79 Å². The molecule has 1 unspecified atom stereocenters. The van der Waals surface area contributed by atoms with Crippen LogP contribution < -0.4 is 10.6 Å². The van der Waals surface area contributed by atoms with Crippen LogP contribution in [-0.2, 0) is 20.9 Å². The maximum absolute atomic E-state index is 12.6. The summed E-state index contributed by atoms with van der Waals surface area (Å²) in [5.41, 5.74) is -1.09. The molecule has 1 aliphatic rings. The Morgan fingerprint density at radius 2 is 1.86 bits per heavy atom. The van der Waals surface area contributed by atoms with Gasteiger partial charge in [-0.2, -0.15) is 0 Å². The minimum atomic E-state index is -1.26. The smallest absolute Gasteiger partial charge is 0.410 e. The Morgan fingerprint density at radius 3 is 2.46 bits per heavy atom. The summed E-state index contributed by atoms with van der Waals surface area (Å²) < 4.78 is 10.7. The van der Waals surface area contributed by atoms with Crippen molar-refractivity contribution in [2.45, 2.75) is 51.4 Å². The summed E-state index contributed by atoms with van der Waals surface area (Å²) in [5.74, 6) is -0.376. The van der Waals surface area contributed by atoms with Crippen LogP contribution in [0.2, 0.25) is 0 Å². The SMILES string of the molecule is CNC(=O)C1(NC(=O)OC(C)(C)C)CCCN(C(=O)OCc2ccccc2)C1. The van der Waals surface area contributed by atoms with Crippen molar-refractivity contribution < 1.29 is 23.9 Å². The highest BCUT2D eigenvalue weighted by molar-refractivity contribution is 5.91. The fourth-order valence-corrected chi connectivity index (χ4v) is 3.10. The fraction of sp³-hybridized carbons (Fsp3) is 0.550. The third-order valence-corrected chi connectivity index (χ3v) is 4.36. The van der Waals surface area contributed by atoms with Gasteiger partial charge in [0.05, 0.1) is 6.54 Å². The third kappa shape index (κ3) is 5.87. The average molecular weight is 391 g/mol. The normalized spacial score (nSPS) is 19.5. The zero-order chi connectivity index (χ0) is 20.8. The zero-order valence-corrected chi connectivity index (χ0v) is 16.9. The van der Waals surface area contributed by atoms with E-state index in [9.17, 15) is 14.4 Å². The first-order valence-corrected chi connectivity index (χ1v) is 9.34. The second-order valence-corrected chi connectivity index (χ2v) is 7.85. The van der Waals surface area contributed by atoms with Gasteiger partial charge < -0.3 is 25.0 Å². The number of likely N-dealkylation sites (tertiary alicyclic amines) is 1. The molecule has 0 bridgehead atoms. The molecule has 1 aromatic rings. The van der Waals surface area contributed by atoms with Gasteiger partial charge in [0.1, 0.15) is 17.7 Å². The molecule has 8 heteroatoms. The quantitative estimate of drug-likeness (QED) is 0.822. The lowest BCUT2D eigenvalue weighted by Gasteiger charge is -2.41. The molecule has 1 aromatic carbocycles. The van der Waals surface area contributed by atoms with E-state index in [0.29, 0.717) is 19.4 Å². The summed E-state index contributed by atoms with van der Waals surface area (Å²) in [7, 11) is 1.49. The van der Waals surface area contributed by atoms with Gasteiger partial charge in [-0.25, -0.2) is 9.59 Å². The van der Waals surface area contributed by atoms with Gasteiger partial charge in [0.25, 0.3) is 0 Å². The number of alkyl carbamates (subject to hydrolysis) is 1. The van der Waals surface area contributed by atoms with Gasteiger partial charge in [0.2, 0.25) is 5.91 Å². The highest BCUT2D eigenvalue weighted by Gasteiger charge is 2.45. The van der Waals surface area contributed by atoms with Crippen LogP contribution in [0.25, 0.3) is 0 Å². The number of rotatable bonds is 4. The monoisotopic (exact) mass is 391 g/mol. The lowest BCUT2D eigenvalue weighted by Crippen LogP contribution is -2.66. The number of nitrogens with one attached hydrogen (secondary N) is 2. The van der Waals surface area contributed by atoms with E-state index in [4.69, 9.17) is 9.47 Å². The van der Waals surface area contributed by atoms with Crippen molar-refractivity contribution in [3.05, 3.63) is 35.9 Å². The molecule has 0 radical (unpaired) electrons. The topological polar surface area (TPSA) is 97.0 Å². The van der Waals surface area contributed by atoms with Crippen LogP contribution in [0, 0.1) is 0 Å². The number of nitrogens with zero attached hydrogens (tertiary/aromatic N) is 1. The Morgan fingerprint density at radius 1 is 1.18 bits per heavy atom. The summed E-state index contributed by atoms with van der Waals surface area (Å²) in [6.45, 7) is 5.83. The standard InChI is InChI=1S/C20H29N3O5/c1-19(2,3)28-17(25)22-20(16(24)21-4)11-8-12-23(14-20)18(26)27-13-15-9-6-5-7-10-15/h5-7,9-10H,8,11-14H2,1-4H3,(H,21,24)(H,22,25). The Kier molecular flexibility index (Phi) is 6.88. The molecule has 1 heterocycles. The Labute approximate surface area is 165 Å². The number of likely N-dealkylation sites (N-methyl/N-ethyl adjacent to an activating group) is 1. The van der Waals surface area contributed by atoms with Crippen LogP contribution in [0.3, 0.4) is 0 Å². The van der Waals surface area contributed by atoms with Crippen LogP contribution in [0.1, 0.15) is 39.2 Å². The largest absolute Gasteiger partial charge is 0.445 e. The van der Waals surface area contributed by atoms with Gasteiger partial charge in [-0.05, 0) is 39.2 Å². The van der Waals surface area contributed by atoms with Crippen molar-refractivity contribution in [2.24, 2.45) is 0 Å². The molecule has 0 saturated carbocycles. The second kappa shape index (κ2) is 8.95. The molecule has 1 atom stereocenters. The van der Waals surface area contributed by atoms with Crippen molar-refractivity contribution in [3.8, 4) is 0 Å². The molecule has 0 spiro atoms. The van der Waals surface area contributed by atoms with Crippen LogP contribution in [0.5, 0.6) is 0 Å². The molecule has 1 aliphatic heterocycles. The first kappa shape index (κ1) is 21.5. The molecule has 0 aromatic heterocycles. The maximum Gasteiger partial charge on any atom is 0.410 e. The van der Waals surface area contributed by atoms with Crippen LogP contribution in [0.15, 0.2) is 30.3 Å². The molecule has 1 saturated heterocycles. The van der Waals surface area contributed by atoms with Gasteiger partial charge in [-0.15, -0.1) is 0 Å². The third-order valence-electron chi connectivity index (χ3n) is 4.36. The Hall–Kier alpha value is -2.77. The molecular formula is C20H29N3O5. The Bertz CT molecular complexity index is 702. The number of piperidine rings is 1. The minimum absolute atomic E-state index is 0.0134. The van der Waals surface area contributed by atoms with Gasteiger partial charge in [0, 0.05) is 13.6 Å². The molecular weight excluding hydrogens is 362 g/mol. The minimum Gasteiger partial charge on any atom is -0.445 e. The van der Waals surface area contributed by atoms with E-state index in [1.807, 2.05) is 30.3 Å². The highest BCUT2D eigenvalue weighted by Crippen LogP contribution is 2.23. The van der Waals surface area contributed by atoms with Crippen molar-refractivity contribution in [3.63, 3.8) is 0 Å². The Balaban J connectivity index is 2.06. The second-order valence-electron chi connectivity index (χ2n) is 7.85. The molecule has 1 fully saturated rings. The number of amides is 3. The lowest BCUT2D eigenvalue weighted by atomic mass is 9.88. The lowest BCUT2D eigenvalue weighted by molar-refractivity contribution is -0.129. The van der Waals surface area contributed by atoms with E-state index in [0.717, 1.165) is 5.56 Å². The van der Waals surface area contributed by atoms with Gasteiger partial charge in [0.15, 0.2) is 0 Å².